The van der Waals surface area contributed by atoms with Crippen LogP contribution in [0.15, 0.2) is 35.1 Å². The van der Waals surface area contributed by atoms with E-state index in [1.165, 1.54) is 0 Å². The molecule has 20 heavy (non-hydrogen) atoms. The van der Waals surface area contributed by atoms with Crippen LogP contribution in [0.1, 0.15) is 17.4 Å². The Morgan fingerprint density at radius 1 is 1.45 bits per heavy atom. The van der Waals surface area contributed by atoms with Gasteiger partial charge in [0.2, 0.25) is 0 Å². The topological polar surface area (TPSA) is 52.0 Å². The van der Waals surface area contributed by atoms with Crippen LogP contribution in [-0.4, -0.2) is 35.5 Å². The van der Waals surface area contributed by atoms with Crippen LogP contribution in [-0.2, 0) is 17.7 Å². The van der Waals surface area contributed by atoms with Gasteiger partial charge in [-0.3, -0.25) is 9.67 Å². The van der Waals surface area contributed by atoms with Crippen molar-refractivity contribution in [1.29, 1.82) is 0 Å². The quantitative estimate of drug-likeness (QED) is 0.840. The van der Waals surface area contributed by atoms with Gasteiger partial charge in [0.1, 0.15) is 0 Å². The van der Waals surface area contributed by atoms with Gasteiger partial charge in [0, 0.05) is 25.4 Å². The molecule has 5 nitrogen and oxygen atoms in total. The molecular weight excluding hydrogens is 320 g/mol. The number of ether oxygens (including phenoxy) is 1. The molecule has 0 fully saturated rings. The van der Waals surface area contributed by atoms with Gasteiger partial charge in [0.15, 0.2) is 0 Å². The number of pyridine rings is 1. The summed E-state index contributed by atoms with van der Waals surface area (Å²) < 4.78 is 8.11. The molecule has 0 saturated carbocycles. The van der Waals surface area contributed by atoms with Crippen LogP contribution in [0.2, 0.25) is 0 Å². The first-order valence-electron chi connectivity index (χ1n) is 6.53. The van der Waals surface area contributed by atoms with Crippen LogP contribution >= 0.6 is 15.9 Å². The zero-order valence-electron chi connectivity index (χ0n) is 11.7. The molecule has 0 aliphatic heterocycles. The normalized spacial score (nSPS) is 12.6. The maximum Gasteiger partial charge on any atom is 0.0700 e. The first-order valence-corrected chi connectivity index (χ1v) is 7.33. The summed E-state index contributed by atoms with van der Waals surface area (Å²) in [4.78, 5) is 4.39. The largest absolute Gasteiger partial charge is 0.383 e. The van der Waals surface area contributed by atoms with Gasteiger partial charge in [0.25, 0.3) is 0 Å². The van der Waals surface area contributed by atoms with Gasteiger partial charge in [-0.1, -0.05) is 6.07 Å². The van der Waals surface area contributed by atoms with Crippen molar-refractivity contribution in [3.8, 4) is 0 Å². The minimum Gasteiger partial charge on any atom is -0.383 e. The van der Waals surface area contributed by atoms with Crippen molar-refractivity contribution in [3.63, 3.8) is 0 Å². The molecule has 0 bridgehead atoms. The molecule has 1 atom stereocenters. The van der Waals surface area contributed by atoms with Gasteiger partial charge in [-0.25, -0.2) is 0 Å². The zero-order chi connectivity index (χ0) is 14.4. The Hall–Kier alpha value is -1.24. The Morgan fingerprint density at radius 3 is 2.95 bits per heavy atom. The summed E-state index contributed by atoms with van der Waals surface area (Å²) in [5.41, 5.74) is 2.17. The average Bonchev–Trinajstić information content (AvgIpc) is 2.84. The minimum absolute atomic E-state index is 0.152. The van der Waals surface area contributed by atoms with E-state index in [1.807, 2.05) is 42.3 Å². The summed E-state index contributed by atoms with van der Waals surface area (Å²) in [6.45, 7) is 1.37. The molecule has 0 aliphatic rings. The number of likely N-dealkylation sites (N-methyl/N-ethyl adjacent to an activating group) is 1. The number of aromatic nitrogens is 3. The molecule has 2 aromatic heterocycles. The van der Waals surface area contributed by atoms with E-state index in [1.54, 1.807) is 7.11 Å². The highest BCUT2D eigenvalue weighted by molar-refractivity contribution is 9.10. The third-order valence-corrected chi connectivity index (χ3v) is 3.77. The molecular formula is C14H19BrN4O. The SMILES string of the molecule is CNC(Cc1ccccn1)c1c(Br)cnn1CCOC. The van der Waals surface area contributed by atoms with E-state index in [-0.39, 0.29) is 6.04 Å². The summed E-state index contributed by atoms with van der Waals surface area (Å²) >= 11 is 3.58. The Balaban J connectivity index is 2.20. The summed E-state index contributed by atoms with van der Waals surface area (Å²) in [5, 5.41) is 7.73. The fourth-order valence-electron chi connectivity index (χ4n) is 2.14. The Labute approximate surface area is 127 Å². The molecule has 1 N–H and O–H groups in total. The van der Waals surface area contributed by atoms with E-state index in [0.29, 0.717) is 6.61 Å². The number of hydrogen-bond donors (Lipinski definition) is 1. The van der Waals surface area contributed by atoms with Crippen LogP contribution in [0.3, 0.4) is 0 Å². The smallest absolute Gasteiger partial charge is 0.0700 e. The van der Waals surface area contributed by atoms with Crippen LogP contribution < -0.4 is 5.32 Å². The third-order valence-electron chi connectivity index (χ3n) is 3.16. The highest BCUT2D eigenvalue weighted by Gasteiger charge is 2.19. The molecule has 6 heteroatoms. The number of halogens is 1. The van der Waals surface area contributed by atoms with Gasteiger partial charge < -0.3 is 10.1 Å². The molecule has 2 heterocycles. The van der Waals surface area contributed by atoms with Crippen LogP contribution in [0.5, 0.6) is 0 Å². The van der Waals surface area contributed by atoms with Gasteiger partial charge in [-0.15, -0.1) is 0 Å². The minimum atomic E-state index is 0.152. The first-order chi connectivity index (χ1) is 9.76. The van der Waals surface area contributed by atoms with Crippen molar-refractivity contribution in [2.24, 2.45) is 0 Å². The molecule has 0 spiro atoms. The fourth-order valence-corrected chi connectivity index (χ4v) is 2.71. The second kappa shape index (κ2) is 7.52. The first kappa shape index (κ1) is 15.2. The Bertz CT molecular complexity index is 529. The number of nitrogens with zero attached hydrogens (tertiary/aromatic N) is 3. The monoisotopic (exact) mass is 338 g/mol. The van der Waals surface area contributed by atoms with E-state index in [0.717, 1.165) is 28.8 Å². The highest BCUT2D eigenvalue weighted by atomic mass is 79.9. The molecule has 0 amide bonds. The zero-order valence-corrected chi connectivity index (χ0v) is 13.3. The molecule has 2 rings (SSSR count). The Morgan fingerprint density at radius 2 is 2.30 bits per heavy atom. The average molecular weight is 339 g/mol. The number of hydrogen-bond acceptors (Lipinski definition) is 4. The second-order valence-electron chi connectivity index (χ2n) is 4.46. The highest BCUT2D eigenvalue weighted by Crippen LogP contribution is 2.25. The molecule has 0 saturated heterocycles. The van der Waals surface area contributed by atoms with Gasteiger partial charge in [0.05, 0.1) is 35.6 Å². The number of methoxy groups -OCH3 is 1. The molecule has 1 unspecified atom stereocenters. The van der Waals surface area contributed by atoms with Crippen molar-refractivity contribution >= 4 is 15.9 Å². The lowest BCUT2D eigenvalue weighted by atomic mass is 10.1. The summed E-state index contributed by atoms with van der Waals surface area (Å²) in [6, 6.07) is 6.12. The maximum atomic E-state index is 5.13. The molecule has 0 aromatic carbocycles. The van der Waals surface area contributed by atoms with Crippen molar-refractivity contribution in [3.05, 3.63) is 46.5 Å². The van der Waals surface area contributed by atoms with Crippen molar-refractivity contribution < 1.29 is 4.74 Å². The van der Waals surface area contributed by atoms with Crippen LogP contribution in [0, 0.1) is 0 Å². The predicted octanol–water partition coefficient (Wildman–Crippen LogP) is 2.19. The van der Waals surface area contributed by atoms with E-state index in [2.05, 4.69) is 31.3 Å². The summed E-state index contributed by atoms with van der Waals surface area (Å²) in [7, 11) is 3.65. The number of nitrogens with one attached hydrogen (secondary N) is 1. The van der Waals surface area contributed by atoms with Gasteiger partial charge >= 0.3 is 0 Å². The molecule has 0 aliphatic carbocycles. The molecule has 0 radical (unpaired) electrons. The van der Waals surface area contributed by atoms with E-state index >= 15 is 0 Å². The Kier molecular flexibility index (Phi) is 5.70. The maximum absolute atomic E-state index is 5.13. The van der Waals surface area contributed by atoms with Crippen LogP contribution in [0.25, 0.3) is 0 Å². The molecule has 108 valence electrons. The lowest BCUT2D eigenvalue weighted by molar-refractivity contribution is 0.181. The standard InChI is InChI=1S/C14H19BrN4O/c1-16-13(9-11-5-3-4-6-17-11)14-12(15)10-18-19(14)7-8-20-2/h3-6,10,13,16H,7-9H2,1-2H3. The van der Waals surface area contributed by atoms with E-state index in [9.17, 15) is 0 Å². The van der Waals surface area contributed by atoms with E-state index in [4.69, 9.17) is 4.74 Å². The van der Waals surface area contributed by atoms with Crippen molar-refractivity contribution in [1.82, 2.24) is 20.1 Å². The van der Waals surface area contributed by atoms with Gasteiger partial charge in [-0.2, -0.15) is 5.10 Å². The lowest BCUT2D eigenvalue weighted by Gasteiger charge is -2.18. The second-order valence-corrected chi connectivity index (χ2v) is 5.31. The van der Waals surface area contributed by atoms with Crippen molar-refractivity contribution in [2.45, 2.75) is 19.0 Å². The molecule has 2 aromatic rings. The van der Waals surface area contributed by atoms with Crippen LogP contribution in [0.4, 0.5) is 0 Å². The number of rotatable bonds is 7. The summed E-state index contributed by atoms with van der Waals surface area (Å²) in [6.07, 6.45) is 4.46. The van der Waals surface area contributed by atoms with Crippen molar-refractivity contribution in [2.75, 3.05) is 20.8 Å². The van der Waals surface area contributed by atoms with Gasteiger partial charge in [-0.05, 0) is 35.1 Å². The lowest BCUT2D eigenvalue weighted by Crippen LogP contribution is -2.24. The fraction of sp³-hybridized carbons (Fsp3) is 0.429. The van der Waals surface area contributed by atoms with E-state index < -0.39 is 0 Å². The summed E-state index contributed by atoms with van der Waals surface area (Å²) in [5.74, 6) is 0. The predicted molar refractivity (Wildman–Crippen MR) is 81.5 cm³/mol. The third kappa shape index (κ3) is 3.65.